The number of ether oxygens (including phenoxy) is 1. The maximum Gasteiger partial charge on any atom is 0.418 e. The molecule has 0 radical (unpaired) electrons. The molecule has 1 fully saturated rings. The summed E-state index contributed by atoms with van der Waals surface area (Å²) in [5.41, 5.74) is -0.715. The normalized spacial score (nSPS) is 18.8. The predicted octanol–water partition coefficient (Wildman–Crippen LogP) is 3.38. The fourth-order valence-electron chi connectivity index (χ4n) is 3.11. The first-order valence-electron chi connectivity index (χ1n) is 9.30. The quantitative estimate of drug-likeness (QED) is 0.650. The summed E-state index contributed by atoms with van der Waals surface area (Å²) in [6.45, 7) is 1.42. The average Bonchev–Trinajstić information content (AvgIpc) is 2.95. The molecular weight excluding hydrogens is 362 g/mol. The van der Waals surface area contributed by atoms with Crippen LogP contribution in [0.2, 0.25) is 0 Å². The second-order valence-corrected chi connectivity index (χ2v) is 6.96. The Kier molecular flexibility index (Phi) is 7.38. The Morgan fingerprint density at radius 2 is 1.89 bits per heavy atom. The van der Waals surface area contributed by atoms with E-state index in [2.05, 4.69) is 6.07 Å². The summed E-state index contributed by atoms with van der Waals surface area (Å²) in [6, 6.07) is 10.5. The van der Waals surface area contributed by atoms with Crippen molar-refractivity contribution in [3.63, 3.8) is 0 Å². The molecule has 1 aliphatic heterocycles. The molecule has 0 saturated carbocycles. The third-order valence-corrected chi connectivity index (χ3v) is 4.83. The number of urea groups is 1. The van der Waals surface area contributed by atoms with Gasteiger partial charge < -0.3 is 14.7 Å². The van der Waals surface area contributed by atoms with Gasteiger partial charge in [0.2, 0.25) is 0 Å². The number of hydrogen-bond donors (Lipinski definition) is 1. The summed E-state index contributed by atoms with van der Waals surface area (Å²) in [6.07, 6.45) is 2.63. The molecule has 2 rings (SSSR count). The van der Waals surface area contributed by atoms with Crippen molar-refractivity contribution in [1.82, 2.24) is 9.80 Å². The zero-order valence-corrected chi connectivity index (χ0v) is 16.0. The van der Waals surface area contributed by atoms with Crippen molar-refractivity contribution < 1.29 is 24.2 Å². The van der Waals surface area contributed by atoms with Crippen LogP contribution in [0.25, 0.3) is 0 Å². The molecule has 0 bridgehead atoms. The summed E-state index contributed by atoms with van der Waals surface area (Å²) in [4.78, 5) is 38.9. The Hall–Kier alpha value is -3.08. The highest BCUT2D eigenvalue weighted by Crippen LogP contribution is 2.28. The van der Waals surface area contributed by atoms with E-state index in [9.17, 15) is 19.5 Å². The number of imide groups is 1. The molecule has 0 spiro atoms. The molecular formula is C20H25N3O5. The average molecular weight is 387 g/mol. The highest BCUT2D eigenvalue weighted by Gasteiger charge is 2.53. The summed E-state index contributed by atoms with van der Waals surface area (Å²) in [7, 11) is 0. The molecule has 0 unspecified atom stereocenters. The Labute approximate surface area is 164 Å². The molecule has 8 nitrogen and oxygen atoms in total. The van der Waals surface area contributed by atoms with Crippen molar-refractivity contribution in [1.29, 1.82) is 5.26 Å². The third kappa shape index (κ3) is 5.00. The predicted molar refractivity (Wildman–Crippen MR) is 100 cm³/mol. The Bertz CT molecular complexity index is 746. The van der Waals surface area contributed by atoms with Crippen molar-refractivity contribution in [2.24, 2.45) is 0 Å². The van der Waals surface area contributed by atoms with Crippen molar-refractivity contribution in [3.05, 3.63) is 35.9 Å². The summed E-state index contributed by atoms with van der Waals surface area (Å²) in [5, 5.41) is 18.2. The van der Waals surface area contributed by atoms with E-state index < -0.39 is 23.6 Å². The minimum atomic E-state index is -1.49. The number of carboxylic acids is 1. The number of nitriles is 1. The molecule has 0 aromatic heterocycles. The lowest BCUT2D eigenvalue weighted by Crippen LogP contribution is -2.51. The van der Waals surface area contributed by atoms with E-state index in [1.807, 2.05) is 18.2 Å². The van der Waals surface area contributed by atoms with Crippen LogP contribution in [-0.2, 0) is 16.1 Å². The van der Waals surface area contributed by atoms with Gasteiger partial charge in [-0.3, -0.25) is 0 Å². The summed E-state index contributed by atoms with van der Waals surface area (Å²) in [5.74, 6) is -1.16. The van der Waals surface area contributed by atoms with E-state index in [0.717, 1.165) is 29.7 Å². The second kappa shape index (κ2) is 9.74. The fraction of sp³-hybridized carbons (Fsp3) is 0.500. The van der Waals surface area contributed by atoms with Gasteiger partial charge in [0.25, 0.3) is 0 Å². The van der Waals surface area contributed by atoms with Crippen molar-refractivity contribution in [2.45, 2.75) is 51.2 Å². The highest BCUT2D eigenvalue weighted by molar-refractivity contribution is 5.98. The zero-order valence-electron chi connectivity index (χ0n) is 16.0. The first-order valence-corrected chi connectivity index (χ1v) is 9.30. The fourth-order valence-corrected chi connectivity index (χ4v) is 3.11. The largest absolute Gasteiger partial charge is 0.479 e. The van der Waals surface area contributed by atoms with Crippen LogP contribution in [0.4, 0.5) is 9.59 Å². The lowest BCUT2D eigenvalue weighted by Gasteiger charge is -2.29. The molecule has 1 saturated heterocycles. The number of unbranched alkanes of at least 4 members (excludes halogenated alkanes) is 4. The maximum atomic E-state index is 12.7. The summed E-state index contributed by atoms with van der Waals surface area (Å²) < 4.78 is 5.19. The van der Waals surface area contributed by atoms with Crippen LogP contribution < -0.4 is 0 Å². The molecule has 28 heavy (non-hydrogen) atoms. The van der Waals surface area contributed by atoms with Crippen LogP contribution in [0.15, 0.2) is 30.3 Å². The number of carboxylic acid groups (broad SMARTS) is 1. The number of hydrogen-bond acceptors (Lipinski definition) is 5. The Morgan fingerprint density at radius 1 is 1.21 bits per heavy atom. The molecule has 1 aliphatic rings. The zero-order chi connectivity index (χ0) is 20.6. The van der Waals surface area contributed by atoms with Crippen molar-refractivity contribution in [2.75, 3.05) is 13.1 Å². The van der Waals surface area contributed by atoms with Gasteiger partial charge in [0.1, 0.15) is 6.61 Å². The molecule has 1 aromatic carbocycles. The topological polar surface area (TPSA) is 111 Å². The van der Waals surface area contributed by atoms with Crippen molar-refractivity contribution >= 4 is 18.1 Å². The van der Waals surface area contributed by atoms with Crippen LogP contribution in [0.1, 0.15) is 44.6 Å². The van der Waals surface area contributed by atoms with Gasteiger partial charge in [-0.15, -0.1) is 0 Å². The number of aliphatic carboxylic acids is 1. The molecule has 1 atom stereocenters. The smallest absolute Gasteiger partial charge is 0.418 e. The second-order valence-electron chi connectivity index (χ2n) is 6.96. The lowest BCUT2D eigenvalue weighted by atomic mass is 10.0. The van der Waals surface area contributed by atoms with E-state index in [0.29, 0.717) is 12.8 Å². The van der Waals surface area contributed by atoms with Crippen molar-refractivity contribution in [3.8, 4) is 6.07 Å². The number of carbonyl (C=O) groups is 3. The molecule has 8 heteroatoms. The minimum absolute atomic E-state index is 0.00608. The van der Waals surface area contributed by atoms with Gasteiger partial charge in [0.05, 0.1) is 12.6 Å². The molecule has 150 valence electrons. The molecule has 1 heterocycles. The molecule has 3 amide bonds. The van der Waals surface area contributed by atoms with Crippen LogP contribution in [-0.4, -0.2) is 51.6 Å². The van der Waals surface area contributed by atoms with Crippen LogP contribution in [0.5, 0.6) is 0 Å². The number of rotatable bonds is 9. The summed E-state index contributed by atoms with van der Waals surface area (Å²) >= 11 is 0. The number of nitrogens with zero attached hydrogens (tertiary/aromatic N) is 3. The number of amides is 3. The van der Waals surface area contributed by atoms with E-state index in [1.165, 1.54) is 11.8 Å². The maximum absolute atomic E-state index is 12.7. The minimum Gasteiger partial charge on any atom is -0.479 e. The van der Waals surface area contributed by atoms with E-state index >= 15 is 0 Å². The first kappa shape index (κ1) is 21.2. The molecule has 1 aromatic rings. The highest BCUT2D eigenvalue weighted by atomic mass is 16.6. The standard InChI is InChI=1S/C20H25N3O5/c1-20(17(24)25)15-22(19(27)28-14-16-10-6-5-7-11-16)18(26)23(20)13-9-4-2-3-8-12-21/h5-7,10-11H,2-4,8-9,13-15H2,1H3,(H,24,25)/t20-/m1/s1. The van der Waals surface area contributed by atoms with Gasteiger partial charge in [0.15, 0.2) is 5.54 Å². The lowest BCUT2D eigenvalue weighted by molar-refractivity contribution is -0.147. The van der Waals surface area contributed by atoms with Gasteiger partial charge in [-0.25, -0.2) is 19.3 Å². The SMILES string of the molecule is C[C@]1(C(=O)O)CN(C(=O)OCc2ccccc2)C(=O)N1CCCCCCC#N. The van der Waals surface area contributed by atoms with Crippen LogP contribution >= 0.6 is 0 Å². The van der Waals surface area contributed by atoms with E-state index in [4.69, 9.17) is 10.00 Å². The third-order valence-electron chi connectivity index (χ3n) is 4.83. The van der Waals surface area contributed by atoms with Gasteiger partial charge in [-0.1, -0.05) is 43.2 Å². The molecule has 0 aliphatic carbocycles. The number of carbonyl (C=O) groups excluding carboxylic acids is 2. The number of benzene rings is 1. The Morgan fingerprint density at radius 3 is 2.54 bits per heavy atom. The van der Waals surface area contributed by atoms with Gasteiger partial charge >= 0.3 is 18.1 Å². The monoisotopic (exact) mass is 387 g/mol. The van der Waals surface area contributed by atoms with Gasteiger partial charge in [-0.2, -0.15) is 5.26 Å². The Balaban J connectivity index is 1.97. The van der Waals surface area contributed by atoms with E-state index in [-0.39, 0.29) is 19.7 Å². The van der Waals surface area contributed by atoms with Crippen LogP contribution in [0.3, 0.4) is 0 Å². The van der Waals surface area contributed by atoms with Crippen LogP contribution in [0, 0.1) is 11.3 Å². The van der Waals surface area contributed by atoms with Gasteiger partial charge in [0, 0.05) is 13.0 Å². The van der Waals surface area contributed by atoms with Gasteiger partial charge in [-0.05, 0) is 25.3 Å². The first-order chi connectivity index (χ1) is 13.4. The van der Waals surface area contributed by atoms with E-state index in [1.54, 1.807) is 12.1 Å². The molecule has 1 N–H and O–H groups in total.